The summed E-state index contributed by atoms with van der Waals surface area (Å²) >= 11 is 5.98. The van der Waals surface area contributed by atoms with E-state index in [1.54, 1.807) is 23.1 Å². The first-order valence-electron chi connectivity index (χ1n) is 8.05. The van der Waals surface area contributed by atoms with Gasteiger partial charge in [-0.2, -0.15) is 0 Å². The topological polar surface area (TPSA) is 75.4 Å². The molecule has 1 aromatic rings. The molecule has 1 aliphatic heterocycles. The Morgan fingerprint density at radius 2 is 2.08 bits per heavy atom. The lowest BCUT2D eigenvalue weighted by Gasteiger charge is -2.32. The summed E-state index contributed by atoms with van der Waals surface area (Å²) in [5.41, 5.74) is 6.12. The fraction of sp³-hybridized carbons (Fsp3) is 0.529. The summed E-state index contributed by atoms with van der Waals surface area (Å²) in [6.45, 7) is 4.87. The van der Waals surface area contributed by atoms with Gasteiger partial charge in [0, 0.05) is 23.8 Å². The van der Waals surface area contributed by atoms with Crippen molar-refractivity contribution < 1.29 is 9.59 Å². The number of nitrogens with two attached hydrogens (primary N) is 1. The van der Waals surface area contributed by atoms with Crippen LogP contribution in [0.5, 0.6) is 0 Å². The van der Waals surface area contributed by atoms with E-state index in [1.807, 2.05) is 19.9 Å². The smallest absolute Gasteiger partial charge is 0.239 e. The summed E-state index contributed by atoms with van der Waals surface area (Å²) in [5, 5.41) is 3.57. The molecule has 0 bridgehead atoms. The molecule has 1 heterocycles. The van der Waals surface area contributed by atoms with Gasteiger partial charge in [0.2, 0.25) is 11.8 Å². The molecule has 0 spiro atoms. The summed E-state index contributed by atoms with van der Waals surface area (Å²) in [6.07, 6.45) is 1.99. The van der Waals surface area contributed by atoms with Gasteiger partial charge < -0.3 is 16.0 Å². The van der Waals surface area contributed by atoms with Crippen molar-refractivity contribution in [3.63, 3.8) is 0 Å². The molecule has 1 atom stereocenters. The predicted octanol–water partition coefficient (Wildman–Crippen LogP) is 2.75. The first-order valence-corrected chi connectivity index (χ1v) is 8.43. The summed E-state index contributed by atoms with van der Waals surface area (Å²) in [4.78, 5) is 26.8. The van der Waals surface area contributed by atoms with Crippen molar-refractivity contribution in [3.8, 4) is 0 Å². The molecule has 7 heteroatoms. The molecule has 1 aromatic carbocycles. The molecule has 1 aliphatic rings. The molecule has 1 saturated heterocycles. The number of carbonyl (C=O) groups is 2. The highest BCUT2D eigenvalue weighted by atomic mass is 35.5. The van der Waals surface area contributed by atoms with Crippen LogP contribution in [0.3, 0.4) is 0 Å². The average Bonchev–Trinajstić information content (AvgIpc) is 2.94. The van der Waals surface area contributed by atoms with E-state index in [2.05, 4.69) is 5.32 Å². The maximum absolute atomic E-state index is 12.6. The summed E-state index contributed by atoms with van der Waals surface area (Å²) in [6, 6.07) is 7.12. The van der Waals surface area contributed by atoms with Crippen molar-refractivity contribution in [3.05, 3.63) is 29.3 Å². The molecular weight excluding hydrogens is 349 g/mol. The van der Waals surface area contributed by atoms with Gasteiger partial charge in [0.25, 0.3) is 0 Å². The maximum atomic E-state index is 12.6. The van der Waals surface area contributed by atoms with E-state index >= 15 is 0 Å². The molecule has 2 amide bonds. The number of halogens is 2. The first-order chi connectivity index (χ1) is 11.0. The van der Waals surface area contributed by atoms with Crippen LogP contribution >= 0.6 is 24.0 Å². The highest BCUT2D eigenvalue weighted by Gasteiger charge is 2.40. The fourth-order valence-electron chi connectivity index (χ4n) is 2.94. The van der Waals surface area contributed by atoms with Gasteiger partial charge in [-0.15, -0.1) is 12.4 Å². The number of amides is 2. The second-order valence-electron chi connectivity index (χ2n) is 5.99. The Kier molecular flexibility index (Phi) is 7.52. The highest BCUT2D eigenvalue weighted by molar-refractivity contribution is 6.31. The van der Waals surface area contributed by atoms with Crippen LogP contribution in [-0.2, 0) is 9.59 Å². The van der Waals surface area contributed by atoms with Gasteiger partial charge in [0.05, 0.1) is 5.54 Å². The van der Waals surface area contributed by atoms with Crippen molar-refractivity contribution in [1.82, 2.24) is 5.32 Å². The van der Waals surface area contributed by atoms with Gasteiger partial charge in [-0.3, -0.25) is 9.59 Å². The van der Waals surface area contributed by atoms with Crippen LogP contribution in [0.15, 0.2) is 24.3 Å². The van der Waals surface area contributed by atoms with Gasteiger partial charge in [0.15, 0.2) is 0 Å². The third-order valence-electron chi connectivity index (χ3n) is 4.77. The Bertz CT molecular complexity index is 583. The third kappa shape index (κ3) is 4.21. The number of benzene rings is 1. The lowest BCUT2D eigenvalue weighted by molar-refractivity contribution is -0.133. The monoisotopic (exact) mass is 373 g/mol. The lowest BCUT2D eigenvalue weighted by atomic mass is 9.91. The van der Waals surface area contributed by atoms with Gasteiger partial charge >= 0.3 is 0 Å². The largest absolute Gasteiger partial charge is 0.349 e. The Labute approximate surface area is 154 Å². The molecule has 1 fully saturated rings. The number of hydrogen-bond donors (Lipinski definition) is 2. The summed E-state index contributed by atoms with van der Waals surface area (Å²) < 4.78 is 0. The second kappa shape index (κ2) is 8.70. The number of hydrogen-bond acceptors (Lipinski definition) is 3. The van der Waals surface area contributed by atoms with Crippen molar-refractivity contribution in [2.75, 3.05) is 18.0 Å². The predicted molar refractivity (Wildman–Crippen MR) is 99.7 cm³/mol. The minimum Gasteiger partial charge on any atom is -0.349 e. The summed E-state index contributed by atoms with van der Waals surface area (Å²) in [7, 11) is 0. The molecule has 1 unspecified atom stereocenters. The van der Waals surface area contributed by atoms with Gasteiger partial charge in [-0.1, -0.05) is 31.5 Å². The van der Waals surface area contributed by atoms with Gasteiger partial charge in [-0.25, -0.2) is 0 Å². The van der Waals surface area contributed by atoms with Crippen LogP contribution in [0.25, 0.3) is 0 Å². The minimum atomic E-state index is -0.655. The molecule has 5 nitrogen and oxygen atoms in total. The quantitative estimate of drug-likeness (QED) is 0.752. The van der Waals surface area contributed by atoms with Gasteiger partial charge in [-0.05, 0) is 37.5 Å². The van der Waals surface area contributed by atoms with Crippen LogP contribution in [0.2, 0.25) is 5.02 Å². The van der Waals surface area contributed by atoms with Crippen molar-refractivity contribution in [1.29, 1.82) is 0 Å². The third-order valence-corrected chi connectivity index (χ3v) is 5.01. The van der Waals surface area contributed by atoms with Crippen LogP contribution in [0.1, 0.15) is 33.1 Å². The number of anilines is 1. The molecule has 3 N–H and O–H groups in total. The van der Waals surface area contributed by atoms with E-state index in [9.17, 15) is 9.59 Å². The average molecular weight is 374 g/mol. The Morgan fingerprint density at radius 1 is 1.42 bits per heavy atom. The molecule has 0 aromatic heterocycles. The Hall–Kier alpha value is -1.30. The highest BCUT2D eigenvalue weighted by Crippen LogP contribution is 2.28. The van der Waals surface area contributed by atoms with E-state index in [4.69, 9.17) is 17.3 Å². The van der Waals surface area contributed by atoms with Crippen LogP contribution in [0, 0.1) is 5.92 Å². The minimum absolute atomic E-state index is 0. The lowest BCUT2D eigenvalue weighted by Crippen LogP contribution is -2.55. The van der Waals surface area contributed by atoms with Gasteiger partial charge in [0.1, 0.15) is 5.92 Å². The van der Waals surface area contributed by atoms with E-state index in [-0.39, 0.29) is 24.2 Å². The van der Waals surface area contributed by atoms with E-state index in [1.165, 1.54) is 0 Å². The first kappa shape index (κ1) is 20.7. The van der Waals surface area contributed by atoms with Crippen molar-refractivity contribution >= 4 is 41.5 Å². The van der Waals surface area contributed by atoms with Crippen LogP contribution in [0.4, 0.5) is 5.69 Å². The van der Waals surface area contributed by atoms with Crippen molar-refractivity contribution in [2.45, 2.75) is 38.6 Å². The molecule has 2 rings (SSSR count). The number of rotatable bonds is 6. The molecule has 0 aliphatic carbocycles. The van der Waals surface area contributed by atoms with Crippen molar-refractivity contribution in [2.24, 2.45) is 11.7 Å². The standard InChI is InChI=1S/C17H24ClN3O2.ClH/c1-3-17(4-2,11-19)20-15(22)14-8-9-21(16(14)23)13-7-5-6-12(18)10-13;/h5-7,10,14H,3-4,8-9,11,19H2,1-2H3,(H,20,22);1H. The van der Waals surface area contributed by atoms with Crippen LogP contribution < -0.4 is 16.0 Å². The van der Waals surface area contributed by atoms with Crippen LogP contribution in [-0.4, -0.2) is 30.4 Å². The number of nitrogens with zero attached hydrogens (tertiary/aromatic N) is 1. The van der Waals surface area contributed by atoms with E-state index in [0.29, 0.717) is 24.5 Å². The maximum Gasteiger partial charge on any atom is 0.239 e. The molecular formula is C17H25Cl2N3O2. The SMILES string of the molecule is CCC(CC)(CN)NC(=O)C1CCN(c2cccc(Cl)c2)C1=O.Cl. The van der Waals surface area contributed by atoms with E-state index < -0.39 is 11.5 Å². The zero-order valence-corrected chi connectivity index (χ0v) is 15.6. The second-order valence-corrected chi connectivity index (χ2v) is 6.43. The normalized spacial score (nSPS) is 17.6. The number of carbonyl (C=O) groups excluding carboxylic acids is 2. The Morgan fingerprint density at radius 3 is 2.62 bits per heavy atom. The molecule has 24 heavy (non-hydrogen) atoms. The molecule has 134 valence electrons. The zero-order chi connectivity index (χ0) is 17.0. The molecule has 0 radical (unpaired) electrons. The van der Waals surface area contributed by atoms with E-state index in [0.717, 1.165) is 18.5 Å². The zero-order valence-electron chi connectivity index (χ0n) is 14.0. The fourth-order valence-corrected chi connectivity index (χ4v) is 3.12. The Balaban J connectivity index is 0.00000288. The molecule has 0 saturated carbocycles. The summed E-state index contributed by atoms with van der Waals surface area (Å²) in [5.74, 6) is -1.06. The number of nitrogens with one attached hydrogen (secondary N) is 1.